The van der Waals surface area contributed by atoms with Gasteiger partial charge in [-0.1, -0.05) is 0 Å². The first-order valence-corrected chi connectivity index (χ1v) is 33.9. The Morgan fingerprint density at radius 1 is 0.516 bits per heavy atom. The van der Waals surface area contributed by atoms with Crippen LogP contribution in [0.5, 0.6) is 11.5 Å². The summed E-state index contributed by atoms with van der Waals surface area (Å²) >= 11 is -2.47. The molecular weight excluding hydrogens is 614 g/mol. The molecule has 182 valence electrons. The molecule has 1 aromatic rings. The van der Waals surface area contributed by atoms with Crippen molar-refractivity contribution in [1.29, 1.82) is 0 Å². The molecule has 0 bridgehead atoms. The van der Waals surface area contributed by atoms with Gasteiger partial charge in [-0.15, -0.1) is 0 Å². The summed E-state index contributed by atoms with van der Waals surface area (Å²) in [5.74, 6) is 2.35. The average Bonchev–Trinajstić information content (AvgIpc) is 3.06. The molecule has 0 N–H and O–H groups in total. The Kier molecular flexibility index (Phi) is 15.2. The van der Waals surface area contributed by atoms with Crippen LogP contribution in [0, 0.1) is 0 Å². The Labute approximate surface area is 207 Å². The van der Waals surface area contributed by atoms with Gasteiger partial charge in [0.15, 0.2) is 0 Å². The third kappa shape index (κ3) is 11.7. The summed E-state index contributed by atoms with van der Waals surface area (Å²) in [7, 11) is 0. The van der Waals surface area contributed by atoms with E-state index in [0.29, 0.717) is 0 Å². The van der Waals surface area contributed by atoms with Crippen LogP contribution >= 0.6 is 11.3 Å². The molecule has 0 saturated carbocycles. The van der Waals surface area contributed by atoms with Crippen molar-refractivity contribution in [3.05, 3.63) is 0 Å². The van der Waals surface area contributed by atoms with E-state index in [9.17, 15) is 0 Å². The molecule has 0 fully saturated rings. The van der Waals surface area contributed by atoms with Crippen molar-refractivity contribution >= 4 is 53.9 Å². The molecular formula is C26H52O2SSn2. The van der Waals surface area contributed by atoms with E-state index >= 15 is 0 Å². The second-order valence-corrected chi connectivity index (χ2v) is 42.8. The summed E-state index contributed by atoms with van der Waals surface area (Å²) in [6.07, 6.45) is 15.7. The first-order chi connectivity index (χ1) is 14.6. The molecule has 1 heterocycles. The van der Waals surface area contributed by atoms with Crippen LogP contribution in [0.2, 0.25) is 29.6 Å². The van der Waals surface area contributed by atoms with Crippen molar-refractivity contribution in [1.82, 2.24) is 0 Å². The molecule has 0 spiro atoms. The summed E-state index contributed by atoms with van der Waals surface area (Å²) in [5, 5.41) is 0. The topological polar surface area (TPSA) is 18.5 Å². The molecule has 1 aromatic heterocycles. The molecule has 2 nitrogen and oxygen atoms in total. The fraction of sp³-hybridized carbons (Fsp3) is 0.846. The van der Waals surface area contributed by atoms with Gasteiger partial charge in [-0.2, -0.15) is 0 Å². The molecule has 0 amide bonds. The van der Waals surface area contributed by atoms with Gasteiger partial charge in [0.2, 0.25) is 0 Å². The van der Waals surface area contributed by atoms with Gasteiger partial charge in [0.25, 0.3) is 0 Å². The SMILES string of the molecule is CCCCCCCCOc1[c]([Sn]([CH3])([CH3])[CH3])s[c]([Sn]([CH3])([CH3])[CH3])c1OCCCCCCCC. The van der Waals surface area contributed by atoms with Crippen LogP contribution in [-0.2, 0) is 0 Å². The Balaban J connectivity index is 2.85. The summed E-state index contributed by atoms with van der Waals surface area (Å²) in [5.41, 5.74) is 0. The molecule has 0 aliphatic carbocycles. The van der Waals surface area contributed by atoms with E-state index in [2.05, 4.69) is 54.8 Å². The van der Waals surface area contributed by atoms with Crippen molar-refractivity contribution in [3.8, 4) is 11.5 Å². The quantitative estimate of drug-likeness (QED) is 0.116. The Morgan fingerprint density at radius 2 is 0.839 bits per heavy atom. The molecule has 0 saturated heterocycles. The van der Waals surface area contributed by atoms with Crippen LogP contribution < -0.4 is 15.3 Å². The molecule has 31 heavy (non-hydrogen) atoms. The third-order valence-corrected chi connectivity index (χ3v) is 25.5. The number of unbranched alkanes of at least 4 members (excludes halogenated alkanes) is 10. The van der Waals surface area contributed by atoms with E-state index in [0.717, 1.165) is 13.2 Å². The van der Waals surface area contributed by atoms with Crippen LogP contribution in [0.15, 0.2) is 0 Å². The minimum absolute atomic E-state index is 0.851. The summed E-state index contributed by atoms with van der Waals surface area (Å²) in [6.45, 7) is 6.27. The van der Waals surface area contributed by atoms with Crippen molar-refractivity contribution in [2.75, 3.05) is 13.2 Å². The van der Waals surface area contributed by atoms with Gasteiger partial charge < -0.3 is 0 Å². The standard InChI is InChI=1S/C20H34O2S.6CH3.2Sn/c1-3-5-7-9-11-13-15-21-19-17-23-18-20(19)22-16-14-12-10-8-6-4-2;;;;;;;;/h3-16H2,1-2H3;6*1H3;;. The number of hydrogen-bond acceptors (Lipinski definition) is 3. The van der Waals surface area contributed by atoms with Crippen LogP contribution in [0.1, 0.15) is 90.9 Å². The number of thiophene rings is 1. The molecule has 0 aromatic carbocycles. The van der Waals surface area contributed by atoms with E-state index in [-0.39, 0.29) is 0 Å². The van der Waals surface area contributed by atoms with Crippen molar-refractivity contribution < 1.29 is 9.47 Å². The normalized spacial score (nSPS) is 12.4. The van der Waals surface area contributed by atoms with Gasteiger partial charge in [0, 0.05) is 0 Å². The molecule has 0 atom stereocenters. The Hall–Kier alpha value is 0.897. The van der Waals surface area contributed by atoms with Crippen molar-refractivity contribution in [3.63, 3.8) is 0 Å². The molecule has 0 aliphatic heterocycles. The maximum atomic E-state index is 6.56. The van der Waals surface area contributed by atoms with Crippen LogP contribution in [0.25, 0.3) is 0 Å². The van der Waals surface area contributed by atoms with Gasteiger partial charge in [0.1, 0.15) is 0 Å². The van der Waals surface area contributed by atoms with Crippen LogP contribution in [0.4, 0.5) is 0 Å². The van der Waals surface area contributed by atoms with Gasteiger partial charge in [-0.05, 0) is 0 Å². The zero-order valence-electron chi connectivity index (χ0n) is 22.1. The first kappa shape index (κ1) is 29.9. The second-order valence-electron chi connectivity index (χ2n) is 11.2. The fourth-order valence-corrected chi connectivity index (χ4v) is 19.5. The maximum absolute atomic E-state index is 6.56. The van der Waals surface area contributed by atoms with Gasteiger partial charge >= 0.3 is 209 Å². The first-order valence-electron chi connectivity index (χ1n) is 13.1. The van der Waals surface area contributed by atoms with Gasteiger partial charge in [-0.25, -0.2) is 0 Å². The van der Waals surface area contributed by atoms with Gasteiger partial charge in [0.05, 0.1) is 0 Å². The monoisotopic (exact) mass is 668 g/mol. The number of hydrogen-bond donors (Lipinski definition) is 0. The fourth-order valence-electron chi connectivity index (χ4n) is 3.76. The Bertz CT molecular complexity index is 549. The van der Waals surface area contributed by atoms with Gasteiger partial charge in [-0.3, -0.25) is 0 Å². The predicted molar refractivity (Wildman–Crippen MR) is 148 cm³/mol. The van der Waals surface area contributed by atoms with E-state index < -0.39 is 36.8 Å². The molecule has 0 unspecified atom stereocenters. The number of rotatable bonds is 18. The van der Waals surface area contributed by atoms with Crippen molar-refractivity contribution in [2.24, 2.45) is 0 Å². The van der Waals surface area contributed by atoms with E-state index in [1.54, 1.807) is 5.79 Å². The van der Waals surface area contributed by atoms with E-state index in [4.69, 9.17) is 9.47 Å². The number of ether oxygens (including phenoxy) is 2. The summed E-state index contributed by atoms with van der Waals surface area (Å²) in [4.78, 5) is 15.2. The summed E-state index contributed by atoms with van der Waals surface area (Å²) < 4.78 is 16.3. The van der Waals surface area contributed by atoms with Crippen LogP contribution in [0.3, 0.4) is 0 Å². The van der Waals surface area contributed by atoms with E-state index in [1.807, 2.05) is 0 Å². The Morgan fingerprint density at radius 3 is 1.16 bits per heavy atom. The summed E-state index contributed by atoms with van der Waals surface area (Å²) in [6, 6.07) is 0. The van der Waals surface area contributed by atoms with Crippen molar-refractivity contribution in [2.45, 2.75) is 121 Å². The zero-order chi connectivity index (χ0) is 23.3. The second kappa shape index (κ2) is 15.7. The molecule has 0 radical (unpaired) electrons. The molecule has 1 rings (SSSR count). The molecule has 0 aliphatic rings. The van der Waals surface area contributed by atoms with Crippen LogP contribution in [-0.4, -0.2) is 50.0 Å². The zero-order valence-corrected chi connectivity index (χ0v) is 28.6. The predicted octanol–water partition coefficient (Wildman–Crippen LogP) is 8.32. The minimum atomic E-state index is -2.28. The third-order valence-electron chi connectivity index (χ3n) is 5.67. The molecule has 5 heteroatoms. The van der Waals surface area contributed by atoms with E-state index in [1.165, 1.54) is 88.5 Å². The average molecular weight is 666 g/mol.